The highest BCUT2D eigenvalue weighted by Crippen LogP contribution is 2.28. The van der Waals surface area contributed by atoms with Crippen LogP contribution in [-0.2, 0) is 9.59 Å². The Kier molecular flexibility index (Phi) is 5.40. The van der Waals surface area contributed by atoms with E-state index >= 15 is 0 Å². The van der Waals surface area contributed by atoms with E-state index in [2.05, 4.69) is 10.6 Å². The molecule has 114 valence electrons. The van der Waals surface area contributed by atoms with E-state index in [-0.39, 0.29) is 12.6 Å². The molecule has 0 spiro atoms. The fourth-order valence-corrected chi connectivity index (χ4v) is 3.21. The molecule has 0 aromatic heterocycles. The van der Waals surface area contributed by atoms with Gasteiger partial charge in [0.15, 0.2) is 0 Å². The molecule has 0 heterocycles. The normalized spacial score (nSPS) is 23.1. The standard InChI is InChI=1S/C15H26N2O3/c18-13(16-11-15(20)9-5-6-10-15)14(19)17-12-7-3-1-2-4-8-12/h12,20H,1-11H2,(H,16,18)(H,17,19). The molecular formula is C15H26N2O3. The van der Waals surface area contributed by atoms with Gasteiger partial charge in [-0.25, -0.2) is 0 Å². The molecule has 0 aromatic carbocycles. The summed E-state index contributed by atoms with van der Waals surface area (Å²) in [4.78, 5) is 23.6. The quantitative estimate of drug-likeness (QED) is 0.538. The Balaban J connectivity index is 1.72. The van der Waals surface area contributed by atoms with Gasteiger partial charge in [-0.05, 0) is 25.7 Å². The lowest BCUT2D eigenvalue weighted by Gasteiger charge is -2.22. The monoisotopic (exact) mass is 282 g/mol. The van der Waals surface area contributed by atoms with Crippen molar-refractivity contribution >= 4 is 11.8 Å². The van der Waals surface area contributed by atoms with Crippen LogP contribution < -0.4 is 10.6 Å². The minimum atomic E-state index is -0.807. The predicted octanol–water partition coefficient (Wildman–Crippen LogP) is 1.25. The van der Waals surface area contributed by atoms with Crippen molar-refractivity contribution < 1.29 is 14.7 Å². The Bertz CT molecular complexity index is 343. The Labute approximate surface area is 120 Å². The van der Waals surface area contributed by atoms with Gasteiger partial charge in [-0.1, -0.05) is 38.5 Å². The summed E-state index contributed by atoms with van der Waals surface area (Å²) in [6.45, 7) is 0.184. The van der Waals surface area contributed by atoms with E-state index in [1.165, 1.54) is 12.8 Å². The zero-order valence-electron chi connectivity index (χ0n) is 12.1. The highest BCUT2D eigenvalue weighted by atomic mass is 16.3. The first kappa shape index (κ1) is 15.3. The molecule has 3 N–H and O–H groups in total. The van der Waals surface area contributed by atoms with Crippen molar-refractivity contribution in [1.29, 1.82) is 0 Å². The highest BCUT2D eigenvalue weighted by molar-refractivity contribution is 6.35. The second-order valence-electron chi connectivity index (χ2n) is 6.28. The Morgan fingerprint density at radius 1 is 0.950 bits per heavy atom. The second-order valence-corrected chi connectivity index (χ2v) is 6.28. The third-order valence-electron chi connectivity index (χ3n) is 4.51. The van der Waals surface area contributed by atoms with Crippen molar-refractivity contribution in [3.05, 3.63) is 0 Å². The van der Waals surface area contributed by atoms with E-state index in [0.29, 0.717) is 12.8 Å². The maximum atomic E-state index is 11.8. The van der Waals surface area contributed by atoms with Crippen LogP contribution in [0.3, 0.4) is 0 Å². The van der Waals surface area contributed by atoms with Gasteiger partial charge in [0.25, 0.3) is 0 Å². The molecule has 2 rings (SSSR count). The van der Waals surface area contributed by atoms with Crippen LogP contribution in [0.15, 0.2) is 0 Å². The summed E-state index contributed by atoms with van der Waals surface area (Å²) in [5.74, 6) is -1.17. The third kappa shape index (κ3) is 4.47. The average molecular weight is 282 g/mol. The molecule has 0 radical (unpaired) electrons. The van der Waals surface area contributed by atoms with Crippen LogP contribution in [0.1, 0.15) is 64.2 Å². The van der Waals surface area contributed by atoms with Crippen molar-refractivity contribution in [2.75, 3.05) is 6.54 Å². The molecular weight excluding hydrogens is 256 g/mol. The van der Waals surface area contributed by atoms with Crippen molar-refractivity contribution in [2.24, 2.45) is 0 Å². The lowest BCUT2D eigenvalue weighted by molar-refractivity contribution is -0.140. The number of rotatable bonds is 3. The van der Waals surface area contributed by atoms with Crippen LogP contribution in [0.2, 0.25) is 0 Å². The molecule has 2 saturated carbocycles. The number of aliphatic hydroxyl groups is 1. The maximum absolute atomic E-state index is 11.8. The summed E-state index contributed by atoms with van der Waals surface area (Å²) >= 11 is 0. The van der Waals surface area contributed by atoms with E-state index in [1.54, 1.807) is 0 Å². The van der Waals surface area contributed by atoms with E-state index in [9.17, 15) is 14.7 Å². The molecule has 5 nitrogen and oxygen atoms in total. The van der Waals surface area contributed by atoms with Gasteiger partial charge in [0, 0.05) is 12.6 Å². The number of carbonyl (C=O) groups excluding carboxylic acids is 2. The number of hydrogen-bond donors (Lipinski definition) is 3. The van der Waals surface area contributed by atoms with Crippen LogP contribution in [-0.4, -0.2) is 35.1 Å². The summed E-state index contributed by atoms with van der Waals surface area (Å²) in [5, 5.41) is 15.5. The van der Waals surface area contributed by atoms with E-state index < -0.39 is 17.4 Å². The van der Waals surface area contributed by atoms with Crippen molar-refractivity contribution in [1.82, 2.24) is 10.6 Å². The summed E-state index contributed by atoms with van der Waals surface area (Å²) in [6, 6.07) is 0.130. The van der Waals surface area contributed by atoms with E-state index in [1.807, 2.05) is 0 Å². The van der Waals surface area contributed by atoms with Gasteiger partial charge in [-0.3, -0.25) is 9.59 Å². The summed E-state index contributed by atoms with van der Waals surface area (Å²) in [6.07, 6.45) is 9.97. The molecule has 5 heteroatoms. The molecule has 2 aliphatic rings. The van der Waals surface area contributed by atoms with Gasteiger partial charge in [-0.15, -0.1) is 0 Å². The molecule has 2 aliphatic carbocycles. The van der Waals surface area contributed by atoms with Crippen LogP contribution in [0.4, 0.5) is 0 Å². The fourth-order valence-electron chi connectivity index (χ4n) is 3.21. The molecule has 20 heavy (non-hydrogen) atoms. The van der Waals surface area contributed by atoms with Gasteiger partial charge in [0.1, 0.15) is 0 Å². The average Bonchev–Trinajstić information content (AvgIpc) is 2.70. The van der Waals surface area contributed by atoms with Gasteiger partial charge in [0.2, 0.25) is 0 Å². The summed E-state index contributed by atoms with van der Waals surface area (Å²) in [7, 11) is 0. The lowest BCUT2D eigenvalue weighted by Crippen LogP contribution is -2.48. The molecule has 0 atom stereocenters. The van der Waals surface area contributed by atoms with Crippen LogP contribution in [0.25, 0.3) is 0 Å². The smallest absolute Gasteiger partial charge is 0.309 e. The number of carbonyl (C=O) groups is 2. The molecule has 2 fully saturated rings. The van der Waals surface area contributed by atoms with Gasteiger partial charge in [-0.2, -0.15) is 0 Å². The molecule has 0 aromatic rings. The lowest BCUT2D eigenvalue weighted by atomic mass is 10.0. The summed E-state index contributed by atoms with van der Waals surface area (Å²) in [5.41, 5.74) is -0.807. The zero-order chi connectivity index (χ0) is 14.4. The third-order valence-corrected chi connectivity index (χ3v) is 4.51. The van der Waals surface area contributed by atoms with Gasteiger partial charge >= 0.3 is 11.8 Å². The number of amides is 2. The molecule has 0 unspecified atom stereocenters. The topological polar surface area (TPSA) is 78.4 Å². The van der Waals surface area contributed by atoms with E-state index in [4.69, 9.17) is 0 Å². The second kappa shape index (κ2) is 7.07. The Hall–Kier alpha value is -1.10. The van der Waals surface area contributed by atoms with Crippen molar-refractivity contribution in [2.45, 2.75) is 75.9 Å². The minimum absolute atomic E-state index is 0.130. The minimum Gasteiger partial charge on any atom is -0.388 e. The summed E-state index contributed by atoms with van der Waals surface area (Å²) < 4.78 is 0. The molecule has 2 amide bonds. The molecule has 0 aliphatic heterocycles. The molecule has 0 saturated heterocycles. The zero-order valence-corrected chi connectivity index (χ0v) is 12.1. The SMILES string of the molecule is O=C(NCC1(O)CCCC1)C(=O)NC1CCCCCC1. The van der Waals surface area contributed by atoms with Crippen LogP contribution >= 0.6 is 0 Å². The van der Waals surface area contributed by atoms with Crippen molar-refractivity contribution in [3.8, 4) is 0 Å². The fraction of sp³-hybridized carbons (Fsp3) is 0.867. The highest BCUT2D eigenvalue weighted by Gasteiger charge is 2.32. The van der Waals surface area contributed by atoms with Crippen LogP contribution in [0, 0.1) is 0 Å². The largest absolute Gasteiger partial charge is 0.388 e. The number of hydrogen-bond acceptors (Lipinski definition) is 3. The first-order valence-electron chi connectivity index (χ1n) is 7.90. The maximum Gasteiger partial charge on any atom is 0.309 e. The van der Waals surface area contributed by atoms with Crippen molar-refractivity contribution in [3.63, 3.8) is 0 Å². The molecule has 0 bridgehead atoms. The first-order chi connectivity index (χ1) is 9.59. The Morgan fingerprint density at radius 2 is 1.55 bits per heavy atom. The number of nitrogens with one attached hydrogen (secondary N) is 2. The first-order valence-corrected chi connectivity index (χ1v) is 7.90. The van der Waals surface area contributed by atoms with Crippen LogP contribution in [0.5, 0.6) is 0 Å². The van der Waals surface area contributed by atoms with Gasteiger partial charge < -0.3 is 15.7 Å². The van der Waals surface area contributed by atoms with Gasteiger partial charge in [0.05, 0.1) is 5.60 Å². The predicted molar refractivity (Wildman–Crippen MR) is 76.1 cm³/mol. The Morgan fingerprint density at radius 3 is 2.15 bits per heavy atom. The van der Waals surface area contributed by atoms with E-state index in [0.717, 1.165) is 38.5 Å².